The number of aryl methyl sites for hydroxylation is 2. The van der Waals surface area contributed by atoms with Gasteiger partial charge in [0.15, 0.2) is 0 Å². The molecule has 6 rings (SSSR count). The lowest BCUT2D eigenvalue weighted by Gasteiger charge is -2.27. The maximum absolute atomic E-state index is 5.92. The third kappa shape index (κ3) is 6.01. The van der Waals surface area contributed by atoms with Gasteiger partial charge in [0.05, 0.1) is 12.4 Å². The molecule has 4 aromatic heterocycles. The summed E-state index contributed by atoms with van der Waals surface area (Å²) in [6.45, 7) is 3.94. The van der Waals surface area contributed by atoms with Gasteiger partial charge >= 0.3 is 0 Å². The van der Waals surface area contributed by atoms with Crippen LogP contribution >= 0.6 is 31.9 Å². The fourth-order valence-corrected chi connectivity index (χ4v) is 4.10. The smallest absolute Gasteiger partial charge is 0.254 e. The second-order valence-corrected chi connectivity index (χ2v) is 10.8. The standard InChI is InChI=1S/C12H15BrN6.C11H13BrN6/c1-7-5-15-19(6-7)12-17-10(14)9(13)11(18-12)16-8-3-2-4-8;1-6-4-14-18(5-6)11-16-9(13)8(12)10(17-11)15-7-2-3-7/h5-6,8H,2-4H2,1H3,(H3,14,16,17,18);4-5,7H,2-3H2,1H3,(H3,13,15,16,17). The van der Waals surface area contributed by atoms with Crippen molar-refractivity contribution in [3.8, 4) is 11.9 Å². The van der Waals surface area contributed by atoms with Gasteiger partial charge in [-0.05, 0) is 88.9 Å². The van der Waals surface area contributed by atoms with Crippen molar-refractivity contribution in [1.29, 1.82) is 0 Å². The molecule has 0 spiro atoms. The molecule has 2 saturated carbocycles. The summed E-state index contributed by atoms with van der Waals surface area (Å²) in [5.41, 5.74) is 13.9. The zero-order valence-electron chi connectivity index (χ0n) is 20.5. The zero-order chi connectivity index (χ0) is 26.1. The Hall–Kier alpha value is -3.26. The van der Waals surface area contributed by atoms with Crippen molar-refractivity contribution >= 4 is 55.1 Å². The molecule has 2 fully saturated rings. The molecule has 0 amide bonds. The summed E-state index contributed by atoms with van der Waals surface area (Å²) in [6.07, 6.45) is 13.2. The molecule has 2 aliphatic rings. The fourth-order valence-electron chi connectivity index (χ4n) is 3.51. The lowest BCUT2D eigenvalue weighted by Crippen LogP contribution is -2.28. The van der Waals surface area contributed by atoms with Gasteiger partial charge in [-0.15, -0.1) is 0 Å². The maximum atomic E-state index is 5.92. The first-order chi connectivity index (χ1) is 17.8. The van der Waals surface area contributed by atoms with Crippen LogP contribution in [0.4, 0.5) is 23.3 Å². The normalized spacial score (nSPS) is 15.0. The number of anilines is 4. The first kappa shape index (κ1) is 25.4. The highest BCUT2D eigenvalue weighted by atomic mass is 79.9. The van der Waals surface area contributed by atoms with Gasteiger partial charge in [0.25, 0.3) is 11.9 Å². The third-order valence-electron chi connectivity index (χ3n) is 5.93. The van der Waals surface area contributed by atoms with Crippen molar-refractivity contribution in [2.45, 2.75) is 58.0 Å². The Labute approximate surface area is 230 Å². The molecule has 0 saturated heterocycles. The summed E-state index contributed by atoms with van der Waals surface area (Å²) in [6, 6.07) is 0.987. The van der Waals surface area contributed by atoms with E-state index >= 15 is 0 Å². The van der Waals surface area contributed by atoms with E-state index in [-0.39, 0.29) is 0 Å². The van der Waals surface area contributed by atoms with Crippen LogP contribution in [0.1, 0.15) is 43.2 Å². The van der Waals surface area contributed by atoms with E-state index in [9.17, 15) is 0 Å². The number of aromatic nitrogens is 8. The highest BCUT2D eigenvalue weighted by Gasteiger charge is 2.24. The van der Waals surface area contributed by atoms with Crippen LogP contribution in [-0.4, -0.2) is 51.6 Å². The topological polar surface area (TPSA) is 163 Å². The van der Waals surface area contributed by atoms with Gasteiger partial charge in [0, 0.05) is 24.5 Å². The molecule has 0 unspecified atom stereocenters. The molecule has 0 bridgehead atoms. The van der Waals surface area contributed by atoms with Crippen LogP contribution in [0.3, 0.4) is 0 Å². The van der Waals surface area contributed by atoms with Crippen LogP contribution < -0.4 is 22.1 Å². The van der Waals surface area contributed by atoms with Crippen molar-refractivity contribution in [3.05, 3.63) is 44.9 Å². The number of hydrogen-bond donors (Lipinski definition) is 4. The van der Waals surface area contributed by atoms with E-state index in [0.717, 1.165) is 22.8 Å². The Morgan fingerprint density at radius 2 is 1.16 bits per heavy atom. The highest BCUT2D eigenvalue weighted by Crippen LogP contribution is 2.32. The molecule has 4 heterocycles. The van der Waals surface area contributed by atoms with E-state index in [0.29, 0.717) is 44.6 Å². The number of hydrogen-bond acceptors (Lipinski definition) is 10. The number of halogens is 2. The number of nitrogens with two attached hydrogens (primary N) is 2. The molecular formula is C23H28Br2N12. The number of rotatable bonds is 6. The van der Waals surface area contributed by atoms with Gasteiger partial charge in [0.1, 0.15) is 32.2 Å². The molecule has 0 aromatic carbocycles. The quantitative estimate of drug-likeness (QED) is 0.243. The van der Waals surface area contributed by atoms with Crippen molar-refractivity contribution in [3.63, 3.8) is 0 Å². The van der Waals surface area contributed by atoms with E-state index in [1.54, 1.807) is 21.8 Å². The molecule has 14 heteroatoms. The van der Waals surface area contributed by atoms with Crippen LogP contribution in [0.2, 0.25) is 0 Å². The van der Waals surface area contributed by atoms with Gasteiger partial charge in [0.2, 0.25) is 0 Å². The second-order valence-electron chi connectivity index (χ2n) is 9.26. The summed E-state index contributed by atoms with van der Waals surface area (Å²) < 4.78 is 4.68. The van der Waals surface area contributed by atoms with Gasteiger partial charge < -0.3 is 22.1 Å². The Morgan fingerprint density at radius 1 is 0.730 bits per heavy atom. The van der Waals surface area contributed by atoms with E-state index in [4.69, 9.17) is 11.5 Å². The molecule has 6 N–H and O–H groups in total. The van der Waals surface area contributed by atoms with Gasteiger partial charge in [-0.3, -0.25) is 0 Å². The Bertz CT molecular complexity index is 1410. The van der Waals surface area contributed by atoms with Crippen LogP contribution in [0.15, 0.2) is 33.7 Å². The predicted octanol–water partition coefficient (Wildman–Crippen LogP) is 4.17. The predicted molar refractivity (Wildman–Crippen MR) is 150 cm³/mol. The van der Waals surface area contributed by atoms with Crippen molar-refractivity contribution < 1.29 is 0 Å². The van der Waals surface area contributed by atoms with Crippen LogP contribution in [0.25, 0.3) is 11.9 Å². The van der Waals surface area contributed by atoms with Crippen molar-refractivity contribution in [2.75, 3.05) is 22.1 Å². The van der Waals surface area contributed by atoms with Crippen molar-refractivity contribution in [2.24, 2.45) is 0 Å². The molecule has 2 aliphatic carbocycles. The lowest BCUT2D eigenvalue weighted by molar-refractivity contribution is 0.444. The summed E-state index contributed by atoms with van der Waals surface area (Å²) in [7, 11) is 0. The van der Waals surface area contributed by atoms with Crippen molar-refractivity contribution in [1.82, 2.24) is 39.5 Å². The van der Waals surface area contributed by atoms with Crippen LogP contribution in [-0.2, 0) is 0 Å². The highest BCUT2D eigenvalue weighted by molar-refractivity contribution is 9.11. The average Bonchev–Trinajstić information content (AvgIpc) is 3.37. The summed E-state index contributed by atoms with van der Waals surface area (Å²) in [4.78, 5) is 17.4. The second kappa shape index (κ2) is 10.6. The molecule has 0 radical (unpaired) electrons. The monoisotopic (exact) mass is 630 g/mol. The first-order valence-electron chi connectivity index (χ1n) is 12.0. The number of nitrogens with one attached hydrogen (secondary N) is 2. The SMILES string of the molecule is Cc1cnn(-c2nc(N)c(Br)c(NC3CC3)n2)c1.Cc1cnn(-c2nc(N)c(Br)c(NC3CCC3)n2)c1. The van der Waals surface area contributed by atoms with E-state index in [1.807, 2.05) is 26.2 Å². The Balaban J connectivity index is 0.000000152. The minimum Gasteiger partial charge on any atom is -0.383 e. The van der Waals surface area contributed by atoms with E-state index in [1.165, 1.54) is 32.1 Å². The number of nitrogen functional groups attached to an aromatic ring is 2. The third-order valence-corrected chi connectivity index (χ3v) is 7.49. The lowest BCUT2D eigenvalue weighted by atomic mass is 9.93. The molecule has 0 aliphatic heterocycles. The fraction of sp³-hybridized carbons (Fsp3) is 0.391. The first-order valence-corrected chi connectivity index (χ1v) is 13.6. The summed E-state index contributed by atoms with van der Waals surface area (Å²) in [5, 5.41) is 15.1. The summed E-state index contributed by atoms with van der Waals surface area (Å²) >= 11 is 6.84. The minimum absolute atomic E-state index is 0.413. The molecule has 4 aromatic rings. The summed E-state index contributed by atoms with van der Waals surface area (Å²) in [5.74, 6) is 3.26. The van der Waals surface area contributed by atoms with E-state index in [2.05, 4.69) is 72.6 Å². The molecule has 194 valence electrons. The molecule has 0 atom stereocenters. The van der Waals surface area contributed by atoms with Crippen LogP contribution in [0.5, 0.6) is 0 Å². The Morgan fingerprint density at radius 3 is 1.49 bits per heavy atom. The molecular weight excluding hydrogens is 604 g/mol. The van der Waals surface area contributed by atoms with Gasteiger partial charge in [-0.25, -0.2) is 9.36 Å². The zero-order valence-corrected chi connectivity index (χ0v) is 23.7. The maximum Gasteiger partial charge on any atom is 0.254 e. The molecule has 12 nitrogen and oxygen atoms in total. The minimum atomic E-state index is 0.413. The van der Waals surface area contributed by atoms with Gasteiger partial charge in [-0.2, -0.15) is 30.1 Å². The Kier molecular flexibility index (Phi) is 7.29. The average molecular weight is 632 g/mol. The van der Waals surface area contributed by atoms with E-state index < -0.39 is 0 Å². The largest absolute Gasteiger partial charge is 0.383 e. The number of nitrogens with zero attached hydrogens (tertiary/aromatic N) is 8. The van der Waals surface area contributed by atoms with Crippen LogP contribution in [0, 0.1) is 13.8 Å². The molecule has 37 heavy (non-hydrogen) atoms. The van der Waals surface area contributed by atoms with Gasteiger partial charge in [-0.1, -0.05) is 0 Å².